The van der Waals surface area contributed by atoms with Gasteiger partial charge in [0.2, 0.25) is 0 Å². The fourth-order valence-corrected chi connectivity index (χ4v) is 2.80. The third kappa shape index (κ3) is 2.88. The third-order valence-electron chi connectivity index (χ3n) is 3.78. The normalized spacial score (nSPS) is 14.4. The average Bonchev–Trinajstić information content (AvgIpc) is 3.04. The van der Waals surface area contributed by atoms with E-state index in [1.807, 2.05) is 29.2 Å². The van der Waals surface area contributed by atoms with Crippen LogP contribution in [-0.4, -0.2) is 29.0 Å². The maximum atomic E-state index is 12.4. The van der Waals surface area contributed by atoms with Gasteiger partial charge in [-0.3, -0.25) is 4.79 Å². The molecule has 1 N–H and O–H groups in total. The summed E-state index contributed by atoms with van der Waals surface area (Å²) in [5.41, 5.74) is 2.49. The topological polar surface area (TPSA) is 40.5 Å². The van der Waals surface area contributed by atoms with E-state index in [-0.39, 0.29) is 11.7 Å². The summed E-state index contributed by atoms with van der Waals surface area (Å²) in [5.74, 6) is 0.143. The van der Waals surface area contributed by atoms with Gasteiger partial charge in [-0.1, -0.05) is 29.8 Å². The Balaban J connectivity index is 1.92. The van der Waals surface area contributed by atoms with Crippen LogP contribution in [0.1, 0.15) is 23.2 Å². The number of hydrogen-bond donors (Lipinski definition) is 1. The van der Waals surface area contributed by atoms with Crippen molar-refractivity contribution in [1.82, 2.24) is 4.90 Å². The Bertz CT molecular complexity index is 678. The van der Waals surface area contributed by atoms with Crippen molar-refractivity contribution in [2.24, 2.45) is 0 Å². The van der Waals surface area contributed by atoms with Crippen molar-refractivity contribution in [2.75, 3.05) is 13.1 Å². The fourth-order valence-electron chi connectivity index (χ4n) is 2.62. The van der Waals surface area contributed by atoms with E-state index in [1.54, 1.807) is 18.2 Å². The van der Waals surface area contributed by atoms with Gasteiger partial charge in [-0.25, -0.2) is 0 Å². The highest BCUT2D eigenvalue weighted by Gasteiger charge is 2.19. The van der Waals surface area contributed by atoms with Gasteiger partial charge in [0.15, 0.2) is 0 Å². The van der Waals surface area contributed by atoms with Gasteiger partial charge in [0.1, 0.15) is 5.75 Å². The van der Waals surface area contributed by atoms with Crippen LogP contribution in [0.25, 0.3) is 11.1 Å². The fraction of sp³-hybridized carbons (Fsp3) is 0.235. The first kappa shape index (κ1) is 14.0. The zero-order chi connectivity index (χ0) is 14.8. The molecule has 1 aliphatic heterocycles. The number of aromatic hydroxyl groups is 1. The maximum absolute atomic E-state index is 12.4. The number of nitrogens with zero attached hydrogens (tertiary/aromatic N) is 1. The van der Waals surface area contributed by atoms with Crippen molar-refractivity contribution in [3.8, 4) is 16.9 Å². The van der Waals surface area contributed by atoms with Crippen LogP contribution in [0.5, 0.6) is 5.75 Å². The molecule has 108 valence electrons. The number of halogens is 1. The van der Waals surface area contributed by atoms with Gasteiger partial charge in [0, 0.05) is 18.7 Å². The van der Waals surface area contributed by atoms with Crippen LogP contribution in [0, 0.1) is 0 Å². The molecule has 1 aliphatic rings. The minimum absolute atomic E-state index is 0.0599. The van der Waals surface area contributed by atoms with Gasteiger partial charge in [-0.2, -0.15) is 0 Å². The standard InChI is InChI=1S/C17H16ClNO2/c18-15-11-13(6-7-16(15)20)12-4-3-5-14(10-12)17(21)19-8-1-2-9-19/h3-7,10-11,20H,1-2,8-9H2. The summed E-state index contributed by atoms with van der Waals surface area (Å²) < 4.78 is 0. The first-order valence-corrected chi connectivity index (χ1v) is 7.41. The van der Waals surface area contributed by atoms with Crippen LogP contribution in [0.15, 0.2) is 42.5 Å². The molecular formula is C17H16ClNO2. The molecule has 0 spiro atoms. The first-order chi connectivity index (χ1) is 10.1. The zero-order valence-electron chi connectivity index (χ0n) is 11.6. The highest BCUT2D eigenvalue weighted by atomic mass is 35.5. The van der Waals surface area contributed by atoms with E-state index in [0.29, 0.717) is 10.6 Å². The SMILES string of the molecule is O=C(c1cccc(-c2ccc(O)c(Cl)c2)c1)N1CCCC1. The Kier molecular flexibility index (Phi) is 3.84. The van der Waals surface area contributed by atoms with E-state index in [9.17, 15) is 9.90 Å². The van der Waals surface area contributed by atoms with E-state index < -0.39 is 0 Å². The van der Waals surface area contributed by atoms with E-state index in [2.05, 4.69) is 0 Å². The van der Waals surface area contributed by atoms with E-state index in [1.165, 1.54) is 0 Å². The first-order valence-electron chi connectivity index (χ1n) is 7.03. The van der Waals surface area contributed by atoms with Gasteiger partial charge in [0.25, 0.3) is 5.91 Å². The molecule has 3 nitrogen and oxygen atoms in total. The highest BCUT2D eigenvalue weighted by Crippen LogP contribution is 2.30. The van der Waals surface area contributed by atoms with Crippen molar-refractivity contribution in [3.05, 3.63) is 53.1 Å². The second kappa shape index (κ2) is 5.78. The number of carbonyl (C=O) groups is 1. The predicted molar refractivity (Wildman–Crippen MR) is 83.7 cm³/mol. The molecule has 2 aromatic rings. The summed E-state index contributed by atoms with van der Waals surface area (Å²) in [6, 6.07) is 12.6. The number of benzene rings is 2. The summed E-state index contributed by atoms with van der Waals surface area (Å²) in [4.78, 5) is 14.3. The van der Waals surface area contributed by atoms with Crippen molar-refractivity contribution < 1.29 is 9.90 Å². The second-order valence-corrected chi connectivity index (χ2v) is 5.65. The zero-order valence-corrected chi connectivity index (χ0v) is 12.3. The number of phenols is 1. The van der Waals surface area contributed by atoms with Gasteiger partial charge in [-0.05, 0) is 48.2 Å². The molecule has 0 radical (unpaired) electrons. The van der Waals surface area contributed by atoms with Crippen LogP contribution in [0.3, 0.4) is 0 Å². The molecule has 0 aromatic heterocycles. The molecule has 0 unspecified atom stereocenters. The Morgan fingerprint density at radius 1 is 1.05 bits per heavy atom. The van der Waals surface area contributed by atoms with Gasteiger partial charge in [0.05, 0.1) is 5.02 Å². The van der Waals surface area contributed by atoms with E-state index in [0.717, 1.165) is 37.1 Å². The maximum Gasteiger partial charge on any atom is 0.253 e. The largest absolute Gasteiger partial charge is 0.506 e. The number of likely N-dealkylation sites (tertiary alicyclic amines) is 1. The molecule has 0 atom stereocenters. The molecule has 1 heterocycles. The number of hydrogen-bond acceptors (Lipinski definition) is 2. The average molecular weight is 302 g/mol. The Morgan fingerprint density at radius 3 is 2.48 bits per heavy atom. The molecule has 1 saturated heterocycles. The summed E-state index contributed by atoms with van der Waals surface area (Å²) in [5, 5.41) is 9.79. The second-order valence-electron chi connectivity index (χ2n) is 5.25. The molecule has 0 aliphatic carbocycles. The van der Waals surface area contributed by atoms with Crippen LogP contribution < -0.4 is 0 Å². The van der Waals surface area contributed by atoms with Crippen LogP contribution in [0.4, 0.5) is 0 Å². The van der Waals surface area contributed by atoms with Crippen LogP contribution in [-0.2, 0) is 0 Å². The minimum atomic E-state index is 0.0599. The molecule has 1 amide bonds. The van der Waals surface area contributed by atoms with E-state index in [4.69, 9.17) is 11.6 Å². The van der Waals surface area contributed by atoms with Crippen molar-refractivity contribution in [2.45, 2.75) is 12.8 Å². The summed E-state index contributed by atoms with van der Waals surface area (Å²) in [6.07, 6.45) is 2.16. The van der Waals surface area contributed by atoms with Crippen molar-refractivity contribution in [3.63, 3.8) is 0 Å². The highest BCUT2D eigenvalue weighted by molar-refractivity contribution is 6.32. The lowest BCUT2D eigenvalue weighted by atomic mass is 10.0. The Labute approximate surface area is 128 Å². The lowest BCUT2D eigenvalue weighted by molar-refractivity contribution is 0.0793. The van der Waals surface area contributed by atoms with Gasteiger partial charge < -0.3 is 10.0 Å². The molecule has 1 fully saturated rings. The summed E-state index contributed by atoms with van der Waals surface area (Å²) in [7, 11) is 0. The smallest absolute Gasteiger partial charge is 0.253 e. The minimum Gasteiger partial charge on any atom is -0.506 e. The lowest BCUT2D eigenvalue weighted by Gasteiger charge is -2.15. The monoisotopic (exact) mass is 301 g/mol. The molecule has 0 bridgehead atoms. The quantitative estimate of drug-likeness (QED) is 0.912. The van der Waals surface area contributed by atoms with Gasteiger partial charge >= 0.3 is 0 Å². The summed E-state index contributed by atoms with van der Waals surface area (Å²) >= 11 is 5.94. The molecule has 2 aromatic carbocycles. The lowest BCUT2D eigenvalue weighted by Crippen LogP contribution is -2.27. The third-order valence-corrected chi connectivity index (χ3v) is 4.09. The number of carbonyl (C=O) groups excluding carboxylic acids is 1. The summed E-state index contributed by atoms with van der Waals surface area (Å²) in [6.45, 7) is 1.68. The number of phenolic OH excluding ortho intramolecular Hbond substituents is 1. The van der Waals surface area contributed by atoms with Crippen molar-refractivity contribution in [1.29, 1.82) is 0 Å². The van der Waals surface area contributed by atoms with E-state index >= 15 is 0 Å². The molecule has 0 saturated carbocycles. The predicted octanol–water partition coefficient (Wildman–Crippen LogP) is 3.95. The Morgan fingerprint density at radius 2 is 1.76 bits per heavy atom. The number of rotatable bonds is 2. The van der Waals surface area contributed by atoms with Gasteiger partial charge in [-0.15, -0.1) is 0 Å². The molecule has 21 heavy (non-hydrogen) atoms. The van der Waals surface area contributed by atoms with Crippen LogP contribution >= 0.6 is 11.6 Å². The Hall–Kier alpha value is -2.00. The van der Waals surface area contributed by atoms with Crippen LogP contribution in [0.2, 0.25) is 5.02 Å². The molecule has 3 rings (SSSR count). The van der Waals surface area contributed by atoms with Crippen molar-refractivity contribution >= 4 is 17.5 Å². The molecule has 4 heteroatoms. The number of amides is 1. The molecular weight excluding hydrogens is 286 g/mol.